The fourth-order valence-corrected chi connectivity index (χ4v) is 2.67. The van der Waals surface area contributed by atoms with Crippen molar-refractivity contribution in [1.82, 2.24) is 0 Å². The number of rotatable bonds is 6. The Hall–Kier alpha value is -1.00. The molecule has 2 nitrogen and oxygen atoms in total. The normalized spacial score (nSPS) is 10.3. The van der Waals surface area contributed by atoms with Crippen LogP contribution in [0.15, 0.2) is 51.4 Å². The summed E-state index contributed by atoms with van der Waals surface area (Å²) < 4.78 is 7.91. The van der Waals surface area contributed by atoms with Gasteiger partial charge in [-0.2, -0.15) is 0 Å². The van der Waals surface area contributed by atoms with Gasteiger partial charge in [-0.1, -0.05) is 35.0 Å². The van der Waals surface area contributed by atoms with Gasteiger partial charge in [-0.25, -0.2) is 0 Å². The fraction of sp³-hybridized carbons (Fsp3) is 0.250. The van der Waals surface area contributed by atoms with E-state index < -0.39 is 0 Å². The van der Waals surface area contributed by atoms with E-state index in [1.807, 2.05) is 30.3 Å². The van der Waals surface area contributed by atoms with E-state index in [1.165, 1.54) is 0 Å². The summed E-state index contributed by atoms with van der Waals surface area (Å²) in [7, 11) is 0. The lowest BCUT2D eigenvalue weighted by Crippen LogP contribution is -2.04. The number of ether oxygens (including phenoxy) is 1. The molecule has 0 heterocycles. The average molecular weight is 399 g/mol. The number of hydrogen-bond donors (Lipinski definition) is 1. The molecule has 0 aromatic heterocycles. The van der Waals surface area contributed by atoms with Crippen molar-refractivity contribution in [1.29, 1.82) is 0 Å². The Labute approximate surface area is 136 Å². The largest absolute Gasteiger partial charge is 0.493 e. The molecule has 0 atom stereocenters. The summed E-state index contributed by atoms with van der Waals surface area (Å²) in [6.45, 7) is 3.57. The Morgan fingerprint density at radius 3 is 2.65 bits per heavy atom. The third-order valence-electron chi connectivity index (χ3n) is 2.83. The Bertz CT molecular complexity index is 572. The van der Waals surface area contributed by atoms with Crippen molar-refractivity contribution in [3.8, 4) is 5.75 Å². The van der Waals surface area contributed by atoms with Crippen LogP contribution in [0.25, 0.3) is 0 Å². The lowest BCUT2D eigenvalue weighted by Gasteiger charge is -2.13. The summed E-state index contributed by atoms with van der Waals surface area (Å²) in [6, 6.07) is 14.2. The minimum absolute atomic E-state index is 0.723. The van der Waals surface area contributed by atoms with Gasteiger partial charge in [0.05, 0.1) is 6.61 Å². The van der Waals surface area contributed by atoms with Gasteiger partial charge in [-0.05, 0) is 52.7 Å². The molecule has 0 fully saturated rings. The number of para-hydroxylation sites is 1. The molecule has 0 saturated heterocycles. The summed E-state index contributed by atoms with van der Waals surface area (Å²) in [4.78, 5) is 0. The Morgan fingerprint density at radius 1 is 1.10 bits per heavy atom. The highest BCUT2D eigenvalue weighted by Gasteiger charge is 2.05. The molecule has 1 N–H and O–H groups in total. The highest BCUT2D eigenvalue weighted by Crippen LogP contribution is 2.26. The zero-order chi connectivity index (χ0) is 14.4. The van der Waals surface area contributed by atoms with Crippen molar-refractivity contribution in [2.75, 3.05) is 11.9 Å². The van der Waals surface area contributed by atoms with E-state index in [0.717, 1.165) is 45.5 Å². The van der Waals surface area contributed by atoms with Gasteiger partial charge in [0.1, 0.15) is 5.75 Å². The molecule has 20 heavy (non-hydrogen) atoms. The van der Waals surface area contributed by atoms with Crippen LogP contribution in [0.3, 0.4) is 0 Å². The van der Waals surface area contributed by atoms with E-state index in [-0.39, 0.29) is 0 Å². The van der Waals surface area contributed by atoms with Crippen molar-refractivity contribution in [2.24, 2.45) is 0 Å². The van der Waals surface area contributed by atoms with E-state index >= 15 is 0 Å². The second-order valence-corrected chi connectivity index (χ2v) is 6.20. The Kier molecular flexibility index (Phi) is 5.92. The quantitative estimate of drug-likeness (QED) is 0.682. The molecule has 0 unspecified atom stereocenters. The van der Waals surface area contributed by atoms with Crippen molar-refractivity contribution in [2.45, 2.75) is 19.9 Å². The monoisotopic (exact) mass is 397 g/mol. The smallest absolute Gasteiger partial charge is 0.124 e. The van der Waals surface area contributed by atoms with Crippen LogP contribution >= 0.6 is 31.9 Å². The van der Waals surface area contributed by atoms with E-state index in [4.69, 9.17) is 4.74 Å². The van der Waals surface area contributed by atoms with Crippen LogP contribution in [0.4, 0.5) is 5.69 Å². The zero-order valence-electron chi connectivity index (χ0n) is 11.3. The number of nitrogens with one attached hydrogen (secondary N) is 1. The molecule has 0 aliphatic rings. The first-order chi connectivity index (χ1) is 9.70. The lowest BCUT2D eigenvalue weighted by molar-refractivity contribution is 0.314. The summed E-state index contributed by atoms with van der Waals surface area (Å²) in [6.07, 6.45) is 1.01. The summed E-state index contributed by atoms with van der Waals surface area (Å²) in [5, 5.41) is 3.43. The number of hydrogen-bond acceptors (Lipinski definition) is 2. The SMILES string of the molecule is CCCOc1ccc(Br)cc1CNc1ccccc1Br. The van der Waals surface area contributed by atoms with Gasteiger partial charge in [0, 0.05) is 26.7 Å². The van der Waals surface area contributed by atoms with Crippen molar-refractivity contribution in [3.05, 3.63) is 57.0 Å². The molecule has 0 aliphatic heterocycles. The minimum atomic E-state index is 0.723. The van der Waals surface area contributed by atoms with Crippen LogP contribution in [0.5, 0.6) is 5.75 Å². The lowest BCUT2D eigenvalue weighted by atomic mass is 10.2. The zero-order valence-corrected chi connectivity index (χ0v) is 14.5. The molecule has 0 spiro atoms. The molecule has 2 aromatic rings. The first-order valence-corrected chi connectivity index (χ1v) is 8.19. The van der Waals surface area contributed by atoms with E-state index in [9.17, 15) is 0 Å². The summed E-state index contributed by atoms with van der Waals surface area (Å²) in [5.41, 5.74) is 2.22. The Balaban J connectivity index is 2.11. The molecular weight excluding hydrogens is 382 g/mol. The van der Waals surface area contributed by atoms with Gasteiger partial charge in [0.2, 0.25) is 0 Å². The molecule has 2 aromatic carbocycles. The molecule has 0 amide bonds. The van der Waals surface area contributed by atoms with Crippen LogP contribution < -0.4 is 10.1 Å². The topological polar surface area (TPSA) is 21.3 Å². The third-order valence-corrected chi connectivity index (χ3v) is 4.01. The predicted octanol–water partition coefficient (Wildman–Crippen LogP) is 5.61. The summed E-state index contributed by atoms with van der Waals surface area (Å²) in [5.74, 6) is 0.939. The highest BCUT2D eigenvalue weighted by atomic mass is 79.9. The standard InChI is InChI=1S/C16H17Br2NO/c1-2-9-20-16-8-7-13(17)10-12(16)11-19-15-6-4-3-5-14(15)18/h3-8,10,19H,2,9,11H2,1H3. The second-order valence-electron chi connectivity index (χ2n) is 4.43. The molecule has 0 radical (unpaired) electrons. The van der Waals surface area contributed by atoms with Crippen LogP contribution in [0, 0.1) is 0 Å². The van der Waals surface area contributed by atoms with Gasteiger partial charge in [0.25, 0.3) is 0 Å². The van der Waals surface area contributed by atoms with Gasteiger partial charge in [0.15, 0.2) is 0 Å². The average Bonchev–Trinajstić information content (AvgIpc) is 2.45. The maximum absolute atomic E-state index is 5.79. The molecule has 106 valence electrons. The first kappa shape index (κ1) is 15.4. The van der Waals surface area contributed by atoms with E-state index in [1.54, 1.807) is 0 Å². The minimum Gasteiger partial charge on any atom is -0.493 e. The van der Waals surface area contributed by atoms with Gasteiger partial charge >= 0.3 is 0 Å². The van der Waals surface area contributed by atoms with Gasteiger partial charge in [-0.3, -0.25) is 0 Å². The van der Waals surface area contributed by atoms with Crippen LogP contribution in [-0.2, 0) is 6.54 Å². The van der Waals surface area contributed by atoms with Crippen LogP contribution in [-0.4, -0.2) is 6.61 Å². The Morgan fingerprint density at radius 2 is 1.90 bits per heavy atom. The van der Waals surface area contributed by atoms with Crippen LogP contribution in [0.1, 0.15) is 18.9 Å². The highest BCUT2D eigenvalue weighted by molar-refractivity contribution is 9.10. The fourth-order valence-electron chi connectivity index (χ4n) is 1.83. The molecular formula is C16H17Br2NO. The van der Waals surface area contributed by atoms with Gasteiger partial charge in [-0.15, -0.1) is 0 Å². The van der Waals surface area contributed by atoms with Gasteiger partial charge < -0.3 is 10.1 Å². The van der Waals surface area contributed by atoms with Crippen LogP contribution in [0.2, 0.25) is 0 Å². The van der Waals surface area contributed by atoms with E-state index in [0.29, 0.717) is 0 Å². The molecule has 4 heteroatoms. The second kappa shape index (κ2) is 7.70. The van der Waals surface area contributed by atoms with Crippen molar-refractivity contribution in [3.63, 3.8) is 0 Å². The number of benzene rings is 2. The molecule has 0 saturated carbocycles. The maximum atomic E-state index is 5.79. The van der Waals surface area contributed by atoms with Crippen molar-refractivity contribution < 1.29 is 4.74 Å². The third kappa shape index (κ3) is 4.25. The molecule has 2 rings (SSSR count). The maximum Gasteiger partial charge on any atom is 0.124 e. The number of anilines is 1. The predicted molar refractivity (Wildman–Crippen MR) is 91.4 cm³/mol. The van der Waals surface area contributed by atoms with Crippen molar-refractivity contribution >= 4 is 37.5 Å². The molecule has 0 bridgehead atoms. The van der Waals surface area contributed by atoms with E-state index in [2.05, 4.69) is 56.2 Å². The first-order valence-electron chi connectivity index (χ1n) is 6.60. The number of halogens is 2. The summed E-state index contributed by atoms with van der Waals surface area (Å²) >= 11 is 7.05. The molecule has 0 aliphatic carbocycles.